The van der Waals surface area contributed by atoms with E-state index >= 15 is 0 Å². The highest BCUT2D eigenvalue weighted by atomic mass is 19.4. The van der Waals surface area contributed by atoms with Gasteiger partial charge in [-0.2, -0.15) is 13.2 Å². The van der Waals surface area contributed by atoms with Crippen molar-refractivity contribution in [3.63, 3.8) is 0 Å². The van der Waals surface area contributed by atoms with E-state index in [-0.39, 0.29) is 11.8 Å². The lowest BCUT2D eigenvalue weighted by Crippen LogP contribution is -2.54. The number of hydrogen-bond acceptors (Lipinski definition) is 8. The average molecular weight is 579 g/mol. The van der Waals surface area contributed by atoms with Gasteiger partial charge < -0.3 is 19.3 Å². The summed E-state index contributed by atoms with van der Waals surface area (Å²) in [7, 11) is 6.07. The number of fused-ring (bicyclic) bond motifs is 3. The van der Waals surface area contributed by atoms with Gasteiger partial charge in [0.2, 0.25) is 11.8 Å². The molecule has 0 spiro atoms. The van der Waals surface area contributed by atoms with Gasteiger partial charge in [-0.3, -0.25) is 24.2 Å². The van der Waals surface area contributed by atoms with Crippen LogP contribution in [-0.4, -0.2) is 85.3 Å². The summed E-state index contributed by atoms with van der Waals surface area (Å²) >= 11 is 0. The van der Waals surface area contributed by atoms with Crippen LogP contribution in [0.5, 0.6) is 11.5 Å². The van der Waals surface area contributed by atoms with Crippen LogP contribution >= 0.6 is 0 Å². The highest BCUT2D eigenvalue weighted by Crippen LogP contribution is 2.59. The van der Waals surface area contributed by atoms with E-state index in [9.17, 15) is 27.6 Å². The Balaban J connectivity index is 0.000000493. The van der Waals surface area contributed by atoms with Gasteiger partial charge in [-0.05, 0) is 48.7 Å². The first-order chi connectivity index (χ1) is 19.3. The maximum atomic E-state index is 13.3. The molecule has 0 aromatic heterocycles. The number of imide groups is 1. The summed E-state index contributed by atoms with van der Waals surface area (Å²) in [5.41, 5.74) is 1.58. The molecule has 10 nitrogen and oxygen atoms in total. The fourth-order valence-electron chi connectivity index (χ4n) is 6.24. The molecule has 0 bridgehead atoms. The van der Waals surface area contributed by atoms with Crippen LogP contribution in [0.1, 0.15) is 24.4 Å². The SMILES string of the molecule is COC(=O)[C@@]12CCCN1[C@H](c1ccc(-c3ccc(OC)cc3)c(OC)c1)[C@@H]1C(=O)N(C)C(=O)[C@@H]12.O=C(O)C(F)(F)F. The first-order valence-corrected chi connectivity index (χ1v) is 12.6. The van der Waals surface area contributed by atoms with E-state index in [1.165, 1.54) is 19.1 Å². The Bertz CT molecular complexity index is 1360. The van der Waals surface area contributed by atoms with Gasteiger partial charge >= 0.3 is 18.1 Å². The van der Waals surface area contributed by atoms with Crippen molar-refractivity contribution < 1.29 is 51.7 Å². The number of aliphatic carboxylic acids is 1. The topological polar surface area (TPSA) is 123 Å². The van der Waals surface area contributed by atoms with Gasteiger partial charge in [0.05, 0.1) is 33.2 Å². The van der Waals surface area contributed by atoms with Gasteiger partial charge in [0.1, 0.15) is 17.0 Å². The largest absolute Gasteiger partial charge is 0.497 e. The summed E-state index contributed by atoms with van der Waals surface area (Å²) in [6, 6.07) is 13.1. The Labute approximate surface area is 233 Å². The highest BCUT2D eigenvalue weighted by Gasteiger charge is 2.73. The van der Waals surface area contributed by atoms with Crippen LogP contribution in [0.2, 0.25) is 0 Å². The van der Waals surface area contributed by atoms with Crippen molar-refractivity contribution in [1.82, 2.24) is 9.80 Å². The summed E-state index contributed by atoms with van der Waals surface area (Å²) in [5, 5.41) is 7.12. The van der Waals surface area contributed by atoms with E-state index in [1.807, 2.05) is 47.4 Å². The Morgan fingerprint density at radius 1 is 1.00 bits per heavy atom. The van der Waals surface area contributed by atoms with E-state index < -0.39 is 41.5 Å². The molecule has 1 N–H and O–H groups in total. The van der Waals surface area contributed by atoms with E-state index in [0.29, 0.717) is 18.7 Å². The van der Waals surface area contributed by atoms with Crippen molar-refractivity contribution in [3.05, 3.63) is 48.0 Å². The molecule has 0 saturated carbocycles. The fourth-order valence-corrected chi connectivity index (χ4v) is 6.24. The zero-order valence-electron chi connectivity index (χ0n) is 22.7. The molecule has 3 heterocycles. The number of carbonyl (C=O) groups is 4. The molecule has 2 aromatic rings. The number of benzene rings is 2. The van der Waals surface area contributed by atoms with Crippen molar-refractivity contribution >= 4 is 23.8 Å². The molecular weight excluding hydrogens is 549 g/mol. The molecule has 41 heavy (non-hydrogen) atoms. The second kappa shape index (κ2) is 11.0. The Kier molecular flexibility index (Phi) is 8.03. The molecular formula is C28H29F3N2O8. The lowest BCUT2D eigenvalue weighted by molar-refractivity contribution is -0.192. The van der Waals surface area contributed by atoms with Gasteiger partial charge in [0, 0.05) is 18.7 Å². The predicted octanol–water partition coefficient (Wildman–Crippen LogP) is 3.30. The zero-order valence-corrected chi connectivity index (χ0v) is 22.7. The standard InChI is InChI=1S/C26H28N2O6.C2HF3O2/c1-27-23(29)20-21(24(27)30)26(25(31)34-4)12-5-13-28(26)22(20)16-8-11-18(19(14-16)33-3)15-6-9-17(32-2)10-7-15;3-2(4,5)1(6)7/h6-11,14,20-22H,5,12-13H2,1-4H3;(H,6,7)/t20-,21-,22-,26+;/m1./s1. The zero-order chi connectivity index (χ0) is 30.3. The minimum absolute atomic E-state index is 0.254. The summed E-state index contributed by atoms with van der Waals surface area (Å²) < 4.78 is 47.9. The van der Waals surface area contributed by atoms with Crippen molar-refractivity contribution in [2.45, 2.75) is 30.6 Å². The number of rotatable bonds is 5. The number of alkyl halides is 3. The number of methoxy groups -OCH3 is 3. The summed E-state index contributed by atoms with van der Waals surface area (Å²) in [4.78, 5) is 51.7. The van der Waals surface area contributed by atoms with Crippen LogP contribution in [0, 0.1) is 11.8 Å². The fraction of sp³-hybridized carbons (Fsp3) is 0.429. The van der Waals surface area contributed by atoms with Crippen LogP contribution in [0.4, 0.5) is 13.2 Å². The summed E-state index contributed by atoms with van der Waals surface area (Å²) in [6.07, 6.45) is -3.84. The van der Waals surface area contributed by atoms with Crippen LogP contribution < -0.4 is 9.47 Å². The monoisotopic (exact) mass is 578 g/mol. The lowest BCUT2D eigenvalue weighted by atomic mass is 9.77. The molecule has 0 aliphatic carbocycles. The number of likely N-dealkylation sites (tertiary alicyclic amines) is 1. The Morgan fingerprint density at radius 2 is 1.63 bits per heavy atom. The number of esters is 1. The molecule has 3 fully saturated rings. The number of halogens is 3. The molecule has 3 saturated heterocycles. The van der Waals surface area contributed by atoms with Gasteiger partial charge in [0.25, 0.3) is 0 Å². The van der Waals surface area contributed by atoms with E-state index in [1.54, 1.807) is 14.2 Å². The predicted molar refractivity (Wildman–Crippen MR) is 137 cm³/mol. The minimum atomic E-state index is -5.08. The van der Waals surface area contributed by atoms with E-state index in [4.69, 9.17) is 24.1 Å². The minimum Gasteiger partial charge on any atom is -0.497 e. The number of carboxylic acid groups (broad SMARTS) is 1. The second-order valence-electron chi connectivity index (χ2n) is 9.89. The smallest absolute Gasteiger partial charge is 0.490 e. The molecule has 4 atom stereocenters. The third kappa shape index (κ3) is 4.88. The quantitative estimate of drug-likeness (QED) is 0.421. The maximum Gasteiger partial charge on any atom is 0.490 e. The van der Waals surface area contributed by atoms with Gasteiger partial charge in [-0.25, -0.2) is 4.79 Å². The number of carbonyl (C=O) groups excluding carboxylic acids is 3. The molecule has 3 aliphatic heterocycles. The lowest BCUT2D eigenvalue weighted by Gasteiger charge is -2.35. The third-order valence-electron chi connectivity index (χ3n) is 7.98. The molecule has 2 aromatic carbocycles. The third-order valence-corrected chi connectivity index (χ3v) is 7.98. The van der Waals surface area contributed by atoms with Crippen molar-refractivity contribution in [1.29, 1.82) is 0 Å². The molecule has 2 amide bonds. The maximum absolute atomic E-state index is 13.3. The number of nitrogens with zero attached hydrogens (tertiary/aromatic N) is 2. The van der Waals surface area contributed by atoms with Crippen LogP contribution in [0.15, 0.2) is 42.5 Å². The second-order valence-corrected chi connectivity index (χ2v) is 9.89. The average Bonchev–Trinajstić information content (AvgIpc) is 3.57. The van der Waals surface area contributed by atoms with E-state index in [0.717, 1.165) is 28.9 Å². The van der Waals surface area contributed by atoms with Crippen molar-refractivity contribution in [2.75, 3.05) is 34.9 Å². The highest BCUT2D eigenvalue weighted by molar-refractivity contribution is 6.09. The van der Waals surface area contributed by atoms with Crippen molar-refractivity contribution in [2.24, 2.45) is 11.8 Å². The number of ether oxygens (including phenoxy) is 3. The van der Waals surface area contributed by atoms with Crippen LogP contribution in [-0.2, 0) is 23.9 Å². The molecule has 5 rings (SSSR count). The number of hydrogen-bond donors (Lipinski definition) is 1. The van der Waals surface area contributed by atoms with Crippen molar-refractivity contribution in [3.8, 4) is 22.6 Å². The van der Waals surface area contributed by atoms with Crippen LogP contribution in [0.3, 0.4) is 0 Å². The Morgan fingerprint density at radius 3 is 2.17 bits per heavy atom. The van der Waals surface area contributed by atoms with Gasteiger partial charge in [-0.15, -0.1) is 0 Å². The summed E-state index contributed by atoms with van der Waals surface area (Å²) in [5.74, 6) is -3.75. The van der Waals surface area contributed by atoms with Gasteiger partial charge in [0.15, 0.2) is 0 Å². The van der Waals surface area contributed by atoms with Crippen LogP contribution in [0.25, 0.3) is 11.1 Å². The molecule has 3 aliphatic rings. The molecule has 0 unspecified atom stereocenters. The number of carboxylic acids is 1. The summed E-state index contributed by atoms with van der Waals surface area (Å²) in [6.45, 7) is 0.611. The molecule has 220 valence electrons. The molecule has 0 radical (unpaired) electrons. The first kappa shape index (κ1) is 29.8. The number of amides is 2. The molecule has 13 heteroatoms. The van der Waals surface area contributed by atoms with Gasteiger partial charge in [-0.1, -0.05) is 24.3 Å². The van der Waals surface area contributed by atoms with E-state index in [2.05, 4.69) is 0 Å². The Hall–Kier alpha value is -4.13. The first-order valence-electron chi connectivity index (χ1n) is 12.6. The normalized spacial score (nSPS) is 25.2.